The number of hydrogen-bond acceptors (Lipinski definition) is 4. The van der Waals surface area contributed by atoms with E-state index in [1.165, 1.54) is 11.4 Å². The fraction of sp³-hybridized carbons (Fsp3) is 0.350. The number of sulfonamides is 1. The highest BCUT2D eigenvalue weighted by Crippen LogP contribution is 2.30. The molecule has 2 N–H and O–H groups in total. The lowest BCUT2D eigenvalue weighted by atomic mass is 10.1. The maximum atomic E-state index is 12.9. The van der Waals surface area contributed by atoms with Crippen molar-refractivity contribution in [3.8, 4) is 5.75 Å². The van der Waals surface area contributed by atoms with Gasteiger partial charge in [-0.3, -0.25) is 0 Å². The van der Waals surface area contributed by atoms with Crippen molar-refractivity contribution in [2.45, 2.75) is 30.7 Å². The smallest absolute Gasteiger partial charge is 0.243 e. The standard InChI is InChI=1S/C20H24ClN3O3S2/c1-14(15-5-7-16(21)8-6-15)22-20(28)23-18-13-17(9-10-19(18)27-2)29(25,26)24-11-3-4-12-24/h5-10,13-14H,3-4,11-12H2,1-2H3,(H2,22,23,28). The minimum Gasteiger partial charge on any atom is -0.495 e. The van der Waals surface area contributed by atoms with E-state index >= 15 is 0 Å². The van der Waals surface area contributed by atoms with E-state index < -0.39 is 10.0 Å². The lowest BCUT2D eigenvalue weighted by Gasteiger charge is -2.20. The van der Waals surface area contributed by atoms with Crippen molar-refractivity contribution in [2.24, 2.45) is 0 Å². The molecule has 0 spiro atoms. The lowest BCUT2D eigenvalue weighted by molar-refractivity contribution is 0.416. The molecule has 2 aromatic carbocycles. The average molecular weight is 454 g/mol. The molecule has 1 unspecified atom stereocenters. The van der Waals surface area contributed by atoms with Crippen molar-refractivity contribution < 1.29 is 13.2 Å². The number of anilines is 1. The summed E-state index contributed by atoms with van der Waals surface area (Å²) in [7, 11) is -2.00. The van der Waals surface area contributed by atoms with E-state index in [0.29, 0.717) is 34.7 Å². The van der Waals surface area contributed by atoms with Crippen LogP contribution in [0.1, 0.15) is 31.4 Å². The molecule has 29 heavy (non-hydrogen) atoms. The molecule has 1 saturated heterocycles. The molecule has 3 rings (SSSR count). The molecule has 0 saturated carbocycles. The van der Waals surface area contributed by atoms with E-state index in [1.807, 2.05) is 31.2 Å². The first-order chi connectivity index (χ1) is 13.8. The van der Waals surface area contributed by atoms with Gasteiger partial charge in [0.25, 0.3) is 0 Å². The van der Waals surface area contributed by atoms with E-state index in [2.05, 4.69) is 10.6 Å². The Bertz CT molecular complexity index is 975. The monoisotopic (exact) mass is 453 g/mol. The van der Waals surface area contributed by atoms with Crippen molar-refractivity contribution in [3.63, 3.8) is 0 Å². The highest BCUT2D eigenvalue weighted by atomic mass is 35.5. The first-order valence-electron chi connectivity index (χ1n) is 9.32. The third-order valence-corrected chi connectivity index (χ3v) is 7.21. The molecule has 0 radical (unpaired) electrons. The Kier molecular flexibility index (Phi) is 7.00. The van der Waals surface area contributed by atoms with E-state index in [1.54, 1.807) is 18.2 Å². The maximum Gasteiger partial charge on any atom is 0.243 e. The van der Waals surface area contributed by atoms with Crippen LogP contribution < -0.4 is 15.4 Å². The number of halogens is 1. The number of thiocarbonyl (C=S) groups is 1. The summed E-state index contributed by atoms with van der Waals surface area (Å²) < 4.78 is 32.6. The van der Waals surface area contributed by atoms with Gasteiger partial charge in [0.05, 0.1) is 23.7 Å². The molecule has 0 bridgehead atoms. The van der Waals surface area contributed by atoms with Crippen LogP contribution in [-0.4, -0.2) is 38.0 Å². The number of benzene rings is 2. The third kappa shape index (κ3) is 5.19. The average Bonchev–Trinajstić information content (AvgIpc) is 3.24. The van der Waals surface area contributed by atoms with Gasteiger partial charge in [0.1, 0.15) is 5.75 Å². The van der Waals surface area contributed by atoms with Gasteiger partial charge < -0.3 is 15.4 Å². The van der Waals surface area contributed by atoms with Crippen LogP contribution in [0.2, 0.25) is 5.02 Å². The number of rotatable bonds is 6. The Balaban J connectivity index is 1.76. The van der Waals surface area contributed by atoms with Gasteiger partial charge in [-0.05, 0) is 67.9 Å². The molecule has 0 aromatic heterocycles. The van der Waals surface area contributed by atoms with Gasteiger partial charge in [-0.1, -0.05) is 23.7 Å². The summed E-state index contributed by atoms with van der Waals surface area (Å²) in [6.07, 6.45) is 1.77. The number of ether oxygens (including phenoxy) is 1. The van der Waals surface area contributed by atoms with Crippen molar-refractivity contribution in [1.82, 2.24) is 9.62 Å². The second-order valence-corrected chi connectivity index (χ2v) is 9.63. The Hall–Kier alpha value is -1.87. The zero-order valence-corrected chi connectivity index (χ0v) is 18.7. The predicted molar refractivity (Wildman–Crippen MR) is 120 cm³/mol. The van der Waals surface area contributed by atoms with Crippen LogP contribution in [0, 0.1) is 0 Å². The lowest BCUT2D eigenvalue weighted by Crippen LogP contribution is -2.31. The van der Waals surface area contributed by atoms with E-state index in [4.69, 9.17) is 28.6 Å². The van der Waals surface area contributed by atoms with Gasteiger partial charge in [0, 0.05) is 18.1 Å². The molecule has 1 atom stereocenters. The first-order valence-corrected chi connectivity index (χ1v) is 11.5. The molecule has 6 nitrogen and oxygen atoms in total. The highest BCUT2D eigenvalue weighted by Gasteiger charge is 2.28. The molecule has 0 aliphatic carbocycles. The fourth-order valence-electron chi connectivity index (χ4n) is 3.21. The molecule has 1 heterocycles. The van der Waals surface area contributed by atoms with Crippen LogP contribution in [0.5, 0.6) is 5.75 Å². The van der Waals surface area contributed by atoms with Crippen LogP contribution >= 0.6 is 23.8 Å². The first kappa shape index (κ1) is 21.8. The Morgan fingerprint density at radius 1 is 1.17 bits per heavy atom. The molecule has 1 fully saturated rings. The number of hydrogen-bond donors (Lipinski definition) is 2. The number of nitrogens with one attached hydrogen (secondary N) is 2. The molecule has 9 heteroatoms. The third-order valence-electron chi connectivity index (χ3n) is 4.84. The molecule has 2 aromatic rings. The Labute approximate surface area is 182 Å². The summed E-state index contributed by atoms with van der Waals surface area (Å²) in [5.41, 5.74) is 1.52. The minimum absolute atomic E-state index is 0.0604. The molecular weight excluding hydrogens is 430 g/mol. The normalized spacial score (nSPS) is 15.7. The molecule has 1 aliphatic heterocycles. The quantitative estimate of drug-likeness (QED) is 0.639. The second kappa shape index (κ2) is 9.30. The predicted octanol–water partition coefficient (Wildman–Crippen LogP) is 4.18. The van der Waals surface area contributed by atoms with Crippen molar-refractivity contribution >= 4 is 44.6 Å². The van der Waals surface area contributed by atoms with Crippen LogP contribution in [0.3, 0.4) is 0 Å². The van der Waals surface area contributed by atoms with Crippen LogP contribution in [0.25, 0.3) is 0 Å². The second-order valence-electron chi connectivity index (χ2n) is 6.84. The number of methoxy groups -OCH3 is 1. The van der Waals surface area contributed by atoms with E-state index in [-0.39, 0.29) is 10.9 Å². The van der Waals surface area contributed by atoms with Gasteiger partial charge in [0.15, 0.2) is 5.11 Å². The Morgan fingerprint density at radius 3 is 2.45 bits per heavy atom. The number of nitrogens with zero attached hydrogens (tertiary/aromatic N) is 1. The fourth-order valence-corrected chi connectivity index (χ4v) is 5.17. The largest absolute Gasteiger partial charge is 0.495 e. The van der Waals surface area contributed by atoms with Crippen LogP contribution in [0.4, 0.5) is 5.69 Å². The van der Waals surface area contributed by atoms with Crippen molar-refractivity contribution in [3.05, 3.63) is 53.1 Å². The summed E-state index contributed by atoms with van der Waals surface area (Å²) in [6.45, 7) is 3.08. The van der Waals surface area contributed by atoms with Crippen molar-refractivity contribution in [2.75, 3.05) is 25.5 Å². The topological polar surface area (TPSA) is 70.7 Å². The molecule has 0 amide bonds. The van der Waals surface area contributed by atoms with Gasteiger partial charge >= 0.3 is 0 Å². The van der Waals surface area contributed by atoms with Crippen molar-refractivity contribution in [1.29, 1.82) is 0 Å². The van der Waals surface area contributed by atoms with E-state index in [9.17, 15) is 8.42 Å². The van der Waals surface area contributed by atoms with Crippen LogP contribution in [-0.2, 0) is 10.0 Å². The Morgan fingerprint density at radius 2 is 1.83 bits per heavy atom. The highest BCUT2D eigenvalue weighted by molar-refractivity contribution is 7.89. The van der Waals surface area contributed by atoms with Gasteiger partial charge in [-0.2, -0.15) is 4.31 Å². The summed E-state index contributed by atoms with van der Waals surface area (Å²) in [4.78, 5) is 0.219. The summed E-state index contributed by atoms with van der Waals surface area (Å²) in [5, 5.41) is 7.28. The minimum atomic E-state index is -3.53. The molecular formula is C20H24ClN3O3S2. The zero-order chi connectivity index (χ0) is 21.0. The van der Waals surface area contributed by atoms with Gasteiger partial charge in [-0.15, -0.1) is 0 Å². The van der Waals surface area contributed by atoms with E-state index in [0.717, 1.165) is 18.4 Å². The summed E-state index contributed by atoms with van der Waals surface area (Å²) in [6, 6.07) is 12.2. The maximum absolute atomic E-state index is 12.9. The molecule has 1 aliphatic rings. The van der Waals surface area contributed by atoms with Gasteiger partial charge in [-0.25, -0.2) is 8.42 Å². The van der Waals surface area contributed by atoms with Gasteiger partial charge in [0.2, 0.25) is 10.0 Å². The van der Waals surface area contributed by atoms with Crippen LogP contribution in [0.15, 0.2) is 47.4 Å². The summed E-state index contributed by atoms with van der Waals surface area (Å²) >= 11 is 11.4. The zero-order valence-electron chi connectivity index (χ0n) is 16.3. The summed E-state index contributed by atoms with van der Waals surface area (Å²) in [5.74, 6) is 0.508. The SMILES string of the molecule is COc1ccc(S(=O)(=O)N2CCCC2)cc1NC(=S)NC(C)c1ccc(Cl)cc1. The molecule has 156 valence electrons.